The van der Waals surface area contributed by atoms with E-state index in [1.807, 2.05) is 30.0 Å². The predicted octanol–water partition coefficient (Wildman–Crippen LogP) is 1.74. The van der Waals surface area contributed by atoms with Gasteiger partial charge < -0.3 is 15.5 Å². The SMILES string of the molecule is Cc1cc(C(=O)N2CCCC(N(C)C)C2)ccc1N. The van der Waals surface area contributed by atoms with E-state index < -0.39 is 0 Å². The quantitative estimate of drug-likeness (QED) is 0.825. The predicted molar refractivity (Wildman–Crippen MR) is 78.2 cm³/mol. The van der Waals surface area contributed by atoms with Crippen molar-refractivity contribution in [1.29, 1.82) is 0 Å². The lowest BCUT2D eigenvalue weighted by atomic mass is 10.0. The Labute approximate surface area is 115 Å². The molecule has 2 rings (SSSR count). The van der Waals surface area contributed by atoms with Crippen molar-refractivity contribution in [2.24, 2.45) is 0 Å². The van der Waals surface area contributed by atoms with E-state index in [4.69, 9.17) is 5.73 Å². The zero-order valence-corrected chi connectivity index (χ0v) is 12.0. The number of hydrogen-bond acceptors (Lipinski definition) is 3. The van der Waals surface area contributed by atoms with E-state index in [0.29, 0.717) is 6.04 Å². The molecule has 0 radical (unpaired) electrons. The van der Waals surface area contributed by atoms with Gasteiger partial charge in [-0.05, 0) is 57.6 Å². The standard InChI is InChI=1S/C15H23N3O/c1-11-9-12(6-7-14(11)16)15(19)18-8-4-5-13(10-18)17(2)3/h6-7,9,13H,4-5,8,10,16H2,1-3H3. The van der Waals surface area contributed by atoms with Crippen LogP contribution in [-0.2, 0) is 0 Å². The zero-order valence-electron chi connectivity index (χ0n) is 12.0. The van der Waals surface area contributed by atoms with Crippen molar-refractivity contribution in [3.05, 3.63) is 29.3 Å². The fourth-order valence-corrected chi connectivity index (χ4v) is 2.55. The summed E-state index contributed by atoms with van der Waals surface area (Å²) in [7, 11) is 4.15. The highest BCUT2D eigenvalue weighted by atomic mass is 16.2. The summed E-state index contributed by atoms with van der Waals surface area (Å²) in [6, 6.07) is 5.99. The Morgan fingerprint density at radius 1 is 1.42 bits per heavy atom. The van der Waals surface area contributed by atoms with E-state index in [1.165, 1.54) is 0 Å². The number of likely N-dealkylation sites (tertiary alicyclic amines) is 1. The number of benzene rings is 1. The average Bonchev–Trinajstić information content (AvgIpc) is 2.41. The summed E-state index contributed by atoms with van der Waals surface area (Å²) >= 11 is 0. The van der Waals surface area contributed by atoms with E-state index in [0.717, 1.165) is 42.7 Å². The van der Waals surface area contributed by atoms with Crippen LogP contribution in [-0.4, -0.2) is 48.9 Å². The van der Waals surface area contributed by atoms with Crippen LogP contribution >= 0.6 is 0 Å². The summed E-state index contributed by atoms with van der Waals surface area (Å²) in [5.41, 5.74) is 8.24. The Kier molecular flexibility index (Phi) is 4.10. The minimum absolute atomic E-state index is 0.120. The molecule has 0 spiro atoms. The molecule has 0 aromatic heterocycles. The Bertz CT molecular complexity index is 470. The number of anilines is 1. The lowest BCUT2D eigenvalue weighted by Gasteiger charge is -2.36. The zero-order chi connectivity index (χ0) is 14.0. The van der Waals surface area contributed by atoms with E-state index in [2.05, 4.69) is 19.0 Å². The summed E-state index contributed by atoms with van der Waals surface area (Å²) < 4.78 is 0. The van der Waals surface area contributed by atoms with Crippen molar-refractivity contribution in [3.8, 4) is 0 Å². The highest BCUT2D eigenvalue weighted by Crippen LogP contribution is 2.19. The first-order chi connectivity index (χ1) is 8.99. The van der Waals surface area contributed by atoms with E-state index >= 15 is 0 Å². The second-order valence-electron chi connectivity index (χ2n) is 5.58. The molecule has 2 N–H and O–H groups in total. The molecule has 1 fully saturated rings. The molecule has 1 aliphatic heterocycles. The molecule has 0 bridgehead atoms. The molecule has 0 saturated carbocycles. The third-order valence-corrected chi connectivity index (χ3v) is 3.93. The summed E-state index contributed by atoms with van der Waals surface area (Å²) in [5.74, 6) is 0.120. The molecular weight excluding hydrogens is 238 g/mol. The number of aryl methyl sites for hydroxylation is 1. The van der Waals surface area contributed by atoms with Gasteiger partial charge in [0.1, 0.15) is 0 Å². The van der Waals surface area contributed by atoms with Crippen molar-refractivity contribution in [2.45, 2.75) is 25.8 Å². The summed E-state index contributed by atoms with van der Waals surface area (Å²) in [5, 5.41) is 0. The van der Waals surface area contributed by atoms with Gasteiger partial charge >= 0.3 is 0 Å². The van der Waals surface area contributed by atoms with Gasteiger partial charge in [-0.1, -0.05) is 0 Å². The van der Waals surface area contributed by atoms with Gasteiger partial charge in [0.2, 0.25) is 0 Å². The number of nitrogens with two attached hydrogens (primary N) is 1. The first kappa shape index (κ1) is 13.9. The van der Waals surface area contributed by atoms with Crippen LogP contribution < -0.4 is 5.73 Å². The normalized spacial score (nSPS) is 19.8. The molecule has 19 heavy (non-hydrogen) atoms. The van der Waals surface area contributed by atoms with Crippen LogP contribution in [0, 0.1) is 6.92 Å². The number of rotatable bonds is 2. The van der Waals surface area contributed by atoms with Crippen molar-refractivity contribution in [1.82, 2.24) is 9.80 Å². The molecule has 1 saturated heterocycles. The number of amides is 1. The monoisotopic (exact) mass is 261 g/mol. The number of carbonyl (C=O) groups is 1. The largest absolute Gasteiger partial charge is 0.399 e. The lowest BCUT2D eigenvalue weighted by Crippen LogP contribution is -2.47. The minimum atomic E-state index is 0.120. The van der Waals surface area contributed by atoms with Crippen LogP contribution in [0.5, 0.6) is 0 Å². The van der Waals surface area contributed by atoms with Crippen LogP contribution in [0.3, 0.4) is 0 Å². The Hall–Kier alpha value is -1.55. The van der Waals surface area contributed by atoms with E-state index in [9.17, 15) is 4.79 Å². The molecule has 1 aromatic rings. The highest BCUT2D eigenvalue weighted by molar-refractivity contribution is 5.95. The third-order valence-electron chi connectivity index (χ3n) is 3.93. The molecule has 1 heterocycles. The summed E-state index contributed by atoms with van der Waals surface area (Å²) in [6.45, 7) is 3.60. The summed E-state index contributed by atoms with van der Waals surface area (Å²) in [4.78, 5) is 16.7. The maximum atomic E-state index is 12.5. The number of hydrogen-bond donors (Lipinski definition) is 1. The molecule has 4 heteroatoms. The minimum Gasteiger partial charge on any atom is -0.399 e. The molecule has 1 unspecified atom stereocenters. The smallest absolute Gasteiger partial charge is 0.253 e. The van der Waals surface area contributed by atoms with E-state index in [-0.39, 0.29) is 5.91 Å². The molecule has 104 valence electrons. The Morgan fingerprint density at radius 2 is 2.16 bits per heavy atom. The topological polar surface area (TPSA) is 49.6 Å². The van der Waals surface area contributed by atoms with Crippen molar-refractivity contribution in [2.75, 3.05) is 32.9 Å². The van der Waals surface area contributed by atoms with Gasteiger partial charge in [0, 0.05) is 30.4 Å². The molecule has 4 nitrogen and oxygen atoms in total. The maximum Gasteiger partial charge on any atom is 0.253 e. The Morgan fingerprint density at radius 3 is 2.79 bits per heavy atom. The van der Waals surface area contributed by atoms with Crippen LogP contribution in [0.25, 0.3) is 0 Å². The molecule has 1 amide bonds. The van der Waals surface area contributed by atoms with Crippen LogP contribution in [0.15, 0.2) is 18.2 Å². The number of likely N-dealkylation sites (N-methyl/N-ethyl adjacent to an activating group) is 1. The number of nitrogen functional groups attached to an aromatic ring is 1. The van der Waals surface area contributed by atoms with Gasteiger partial charge in [0.15, 0.2) is 0 Å². The molecule has 1 aliphatic rings. The molecular formula is C15H23N3O. The van der Waals surface area contributed by atoms with Gasteiger partial charge in [-0.2, -0.15) is 0 Å². The average molecular weight is 261 g/mol. The third kappa shape index (κ3) is 3.07. The molecule has 1 atom stereocenters. The first-order valence-electron chi connectivity index (χ1n) is 6.81. The van der Waals surface area contributed by atoms with Crippen LogP contribution in [0.4, 0.5) is 5.69 Å². The van der Waals surface area contributed by atoms with Crippen LogP contribution in [0.1, 0.15) is 28.8 Å². The molecule has 1 aromatic carbocycles. The lowest BCUT2D eigenvalue weighted by molar-refractivity contribution is 0.0635. The number of carbonyl (C=O) groups excluding carboxylic acids is 1. The first-order valence-corrected chi connectivity index (χ1v) is 6.81. The van der Waals surface area contributed by atoms with Crippen molar-refractivity contribution < 1.29 is 4.79 Å². The van der Waals surface area contributed by atoms with Crippen LogP contribution in [0.2, 0.25) is 0 Å². The maximum absolute atomic E-state index is 12.5. The second-order valence-corrected chi connectivity index (χ2v) is 5.58. The van der Waals surface area contributed by atoms with E-state index in [1.54, 1.807) is 0 Å². The fraction of sp³-hybridized carbons (Fsp3) is 0.533. The van der Waals surface area contributed by atoms with Gasteiger partial charge in [-0.15, -0.1) is 0 Å². The summed E-state index contributed by atoms with van der Waals surface area (Å²) in [6.07, 6.45) is 2.24. The number of nitrogens with zero attached hydrogens (tertiary/aromatic N) is 2. The molecule has 0 aliphatic carbocycles. The van der Waals surface area contributed by atoms with Crippen molar-refractivity contribution >= 4 is 11.6 Å². The fourth-order valence-electron chi connectivity index (χ4n) is 2.55. The van der Waals surface area contributed by atoms with Gasteiger partial charge in [0.25, 0.3) is 5.91 Å². The van der Waals surface area contributed by atoms with Gasteiger partial charge in [-0.3, -0.25) is 4.79 Å². The highest BCUT2D eigenvalue weighted by Gasteiger charge is 2.25. The van der Waals surface area contributed by atoms with Crippen molar-refractivity contribution in [3.63, 3.8) is 0 Å². The second kappa shape index (κ2) is 5.61. The van der Waals surface area contributed by atoms with Gasteiger partial charge in [-0.25, -0.2) is 0 Å². The number of piperidine rings is 1. The van der Waals surface area contributed by atoms with Gasteiger partial charge in [0.05, 0.1) is 0 Å². The Balaban J connectivity index is 2.12.